The highest BCUT2D eigenvalue weighted by atomic mass is 16.3. The predicted molar refractivity (Wildman–Crippen MR) is 91.3 cm³/mol. The average Bonchev–Trinajstić information content (AvgIpc) is 3.07. The molecule has 0 aliphatic rings. The molecule has 2 N–H and O–H groups in total. The molecule has 1 amide bonds. The molecular weight excluding hydrogens is 288 g/mol. The molecule has 0 aliphatic heterocycles. The number of carbonyl (C=O) groups excluding carboxylic acids is 1. The lowest BCUT2D eigenvalue weighted by Gasteiger charge is -2.15. The minimum absolute atomic E-state index is 0.0784. The zero-order chi connectivity index (χ0) is 16.1. The Bertz CT molecular complexity index is 780. The van der Waals surface area contributed by atoms with Gasteiger partial charge in [0.25, 0.3) is 5.91 Å². The molecule has 4 nitrogen and oxygen atoms in total. The number of nitrogens with one attached hydrogen (secondary N) is 2. The summed E-state index contributed by atoms with van der Waals surface area (Å²) >= 11 is 0. The van der Waals surface area contributed by atoms with Gasteiger partial charge in [-0.05, 0) is 30.7 Å². The van der Waals surface area contributed by atoms with Gasteiger partial charge in [-0.15, -0.1) is 0 Å². The Morgan fingerprint density at radius 3 is 2.74 bits per heavy atom. The Kier molecular flexibility index (Phi) is 4.74. The molecule has 1 heterocycles. The van der Waals surface area contributed by atoms with E-state index in [9.17, 15) is 4.79 Å². The number of amides is 1. The van der Waals surface area contributed by atoms with Crippen LogP contribution in [-0.2, 0) is 6.54 Å². The molecular formula is C19H20N2O2. The van der Waals surface area contributed by atoms with Crippen LogP contribution in [0.15, 0.2) is 65.3 Å². The number of hydrogen-bond acceptors (Lipinski definition) is 3. The van der Waals surface area contributed by atoms with Crippen LogP contribution in [0.3, 0.4) is 0 Å². The van der Waals surface area contributed by atoms with Gasteiger partial charge >= 0.3 is 0 Å². The van der Waals surface area contributed by atoms with Crippen molar-refractivity contribution in [1.29, 1.82) is 0 Å². The van der Waals surface area contributed by atoms with Crippen LogP contribution in [0, 0.1) is 0 Å². The Morgan fingerprint density at radius 1 is 1.09 bits per heavy atom. The minimum Gasteiger partial charge on any atom is -0.464 e. The molecule has 118 valence electrons. The van der Waals surface area contributed by atoms with Gasteiger partial charge in [-0.25, -0.2) is 0 Å². The van der Waals surface area contributed by atoms with E-state index in [4.69, 9.17) is 4.42 Å². The van der Waals surface area contributed by atoms with E-state index in [1.807, 2.05) is 42.5 Å². The molecule has 0 fully saturated rings. The first-order valence-corrected chi connectivity index (χ1v) is 7.76. The van der Waals surface area contributed by atoms with Crippen molar-refractivity contribution in [2.45, 2.75) is 19.5 Å². The normalized spacial score (nSPS) is 12.2. The smallest absolute Gasteiger partial charge is 0.252 e. The van der Waals surface area contributed by atoms with E-state index in [0.717, 1.165) is 17.5 Å². The predicted octanol–water partition coefficient (Wildman–Crippen LogP) is 3.34. The van der Waals surface area contributed by atoms with Crippen LogP contribution in [0.1, 0.15) is 22.8 Å². The lowest BCUT2D eigenvalue weighted by atomic mass is 10.1. The molecule has 0 bridgehead atoms. The fraction of sp³-hybridized carbons (Fsp3) is 0.211. The zero-order valence-electron chi connectivity index (χ0n) is 13.1. The van der Waals surface area contributed by atoms with Crippen molar-refractivity contribution >= 4 is 16.9 Å². The lowest BCUT2D eigenvalue weighted by Crippen LogP contribution is -2.38. The van der Waals surface area contributed by atoms with Crippen molar-refractivity contribution < 1.29 is 9.21 Å². The third-order valence-corrected chi connectivity index (χ3v) is 3.81. The molecule has 4 heteroatoms. The highest BCUT2D eigenvalue weighted by Crippen LogP contribution is 2.19. The van der Waals surface area contributed by atoms with Crippen molar-refractivity contribution in [3.63, 3.8) is 0 Å². The SMILES string of the molecule is CC(CNC(=O)c1cccc2occc12)NCc1ccccc1. The number of carbonyl (C=O) groups is 1. The first-order chi connectivity index (χ1) is 11.2. The van der Waals surface area contributed by atoms with E-state index >= 15 is 0 Å². The standard InChI is InChI=1S/C19H20N2O2/c1-14(20-13-15-6-3-2-4-7-15)12-21-19(22)17-8-5-9-18-16(17)10-11-23-18/h2-11,14,20H,12-13H2,1H3,(H,21,22). The summed E-state index contributed by atoms with van der Waals surface area (Å²) in [6, 6.07) is 17.7. The van der Waals surface area contributed by atoms with E-state index in [1.165, 1.54) is 5.56 Å². The topological polar surface area (TPSA) is 54.3 Å². The van der Waals surface area contributed by atoms with Gasteiger partial charge < -0.3 is 15.1 Å². The summed E-state index contributed by atoms with van der Waals surface area (Å²) < 4.78 is 5.33. The summed E-state index contributed by atoms with van der Waals surface area (Å²) in [4.78, 5) is 12.4. The van der Waals surface area contributed by atoms with Crippen LogP contribution in [0.5, 0.6) is 0 Å². The zero-order valence-corrected chi connectivity index (χ0v) is 13.1. The maximum atomic E-state index is 12.4. The molecule has 3 aromatic rings. The Morgan fingerprint density at radius 2 is 1.91 bits per heavy atom. The summed E-state index contributed by atoms with van der Waals surface area (Å²) in [5.74, 6) is -0.0784. The van der Waals surface area contributed by atoms with Gasteiger partial charge in [0.15, 0.2) is 0 Å². The second-order valence-corrected chi connectivity index (χ2v) is 5.62. The van der Waals surface area contributed by atoms with Gasteiger partial charge in [-0.1, -0.05) is 36.4 Å². The molecule has 0 saturated heterocycles. The second-order valence-electron chi connectivity index (χ2n) is 5.62. The summed E-state index contributed by atoms with van der Waals surface area (Å²) in [5, 5.41) is 7.22. The van der Waals surface area contributed by atoms with Crippen molar-refractivity contribution in [2.75, 3.05) is 6.54 Å². The maximum Gasteiger partial charge on any atom is 0.252 e. The van der Waals surface area contributed by atoms with Crippen molar-refractivity contribution in [3.05, 3.63) is 72.0 Å². The second kappa shape index (κ2) is 7.11. The van der Waals surface area contributed by atoms with Gasteiger partial charge in [0.05, 0.1) is 11.8 Å². The van der Waals surface area contributed by atoms with Gasteiger partial charge in [0.2, 0.25) is 0 Å². The van der Waals surface area contributed by atoms with E-state index in [-0.39, 0.29) is 11.9 Å². The molecule has 1 atom stereocenters. The monoisotopic (exact) mass is 308 g/mol. The third kappa shape index (κ3) is 3.79. The quantitative estimate of drug-likeness (QED) is 0.734. The fourth-order valence-corrected chi connectivity index (χ4v) is 2.49. The van der Waals surface area contributed by atoms with E-state index in [2.05, 4.69) is 29.7 Å². The van der Waals surface area contributed by atoms with Crippen molar-refractivity contribution in [2.24, 2.45) is 0 Å². The number of hydrogen-bond donors (Lipinski definition) is 2. The first kappa shape index (κ1) is 15.3. The highest BCUT2D eigenvalue weighted by Gasteiger charge is 2.12. The highest BCUT2D eigenvalue weighted by molar-refractivity contribution is 6.05. The molecule has 0 aliphatic carbocycles. The van der Waals surface area contributed by atoms with Crippen LogP contribution in [0.4, 0.5) is 0 Å². The number of fused-ring (bicyclic) bond motifs is 1. The molecule has 23 heavy (non-hydrogen) atoms. The van der Waals surface area contributed by atoms with Crippen molar-refractivity contribution in [1.82, 2.24) is 10.6 Å². The molecule has 0 spiro atoms. The summed E-state index contributed by atoms with van der Waals surface area (Å²) in [5.41, 5.74) is 2.60. The van der Waals surface area contributed by atoms with Gasteiger partial charge in [-0.2, -0.15) is 0 Å². The molecule has 2 aromatic carbocycles. The minimum atomic E-state index is -0.0784. The first-order valence-electron chi connectivity index (χ1n) is 7.76. The Labute approximate surface area is 135 Å². The lowest BCUT2D eigenvalue weighted by molar-refractivity contribution is 0.0951. The summed E-state index contributed by atoms with van der Waals surface area (Å²) in [6.07, 6.45) is 1.60. The van der Waals surface area contributed by atoms with Crippen LogP contribution >= 0.6 is 0 Å². The van der Waals surface area contributed by atoms with E-state index < -0.39 is 0 Å². The largest absolute Gasteiger partial charge is 0.464 e. The molecule has 0 radical (unpaired) electrons. The van der Waals surface area contributed by atoms with Gasteiger partial charge in [-0.3, -0.25) is 4.79 Å². The molecule has 0 saturated carbocycles. The maximum absolute atomic E-state index is 12.4. The Hall–Kier alpha value is -2.59. The summed E-state index contributed by atoms with van der Waals surface area (Å²) in [6.45, 7) is 3.41. The molecule has 1 unspecified atom stereocenters. The van der Waals surface area contributed by atoms with Crippen molar-refractivity contribution in [3.8, 4) is 0 Å². The van der Waals surface area contributed by atoms with Gasteiger partial charge in [0, 0.05) is 24.5 Å². The fourth-order valence-electron chi connectivity index (χ4n) is 2.49. The number of rotatable bonds is 6. The van der Waals surface area contributed by atoms with Crippen LogP contribution < -0.4 is 10.6 Å². The van der Waals surface area contributed by atoms with Crippen LogP contribution in [0.2, 0.25) is 0 Å². The molecule has 3 rings (SSSR count). The number of furan rings is 1. The molecule has 1 aromatic heterocycles. The third-order valence-electron chi connectivity index (χ3n) is 3.81. The van der Waals surface area contributed by atoms with Gasteiger partial charge in [0.1, 0.15) is 5.58 Å². The van der Waals surface area contributed by atoms with Crippen LogP contribution in [-0.4, -0.2) is 18.5 Å². The van der Waals surface area contributed by atoms with Crippen LogP contribution in [0.25, 0.3) is 11.0 Å². The Balaban J connectivity index is 1.53. The average molecular weight is 308 g/mol. The summed E-state index contributed by atoms with van der Waals surface area (Å²) in [7, 11) is 0. The number of benzene rings is 2. The van der Waals surface area contributed by atoms with E-state index in [1.54, 1.807) is 6.26 Å². The van der Waals surface area contributed by atoms with E-state index in [0.29, 0.717) is 12.1 Å².